The van der Waals surface area contributed by atoms with Crippen LogP contribution in [0.15, 0.2) is 71.8 Å². The van der Waals surface area contributed by atoms with E-state index in [1.165, 1.54) is 149 Å². The average Bonchev–Trinajstić information content (AvgIpc) is 0.669. The molecule has 1 saturated heterocycles. The zero-order valence-corrected chi connectivity index (χ0v) is 67.4. The Labute approximate surface area is 647 Å². The van der Waals surface area contributed by atoms with Crippen LogP contribution in [0.2, 0.25) is 0 Å². The van der Waals surface area contributed by atoms with E-state index in [0.717, 1.165) is 65.2 Å². The van der Waals surface area contributed by atoms with Gasteiger partial charge in [0.15, 0.2) is 23.6 Å². The van der Waals surface area contributed by atoms with Crippen LogP contribution in [-0.4, -0.2) is 149 Å². The van der Waals surface area contributed by atoms with Crippen LogP contribution in [0, 0.1) is 22.7 Å². The Kier molecular flexibility index (Phi) is 36.7. The number of Topliss-reactive ketones (excluding diaryl/α,β-unsaturated/α-hetero) is 1. The lowest BCUT2D eigenvalue weighted by molar-refractivity contribution is -0.346. The summed E-state index contributed by atoms with van der Waals surface area (Å²) in [6.07, 6.45) is 15.3. The van der Waals surface area contributed by atoms with E-state index in [-0.39, 0.29) is 48.0 Å². The second-order valence-electron chi connectivity index (χ2n) is 32.5. The van der Waals surface area contributed by atoms with Gasteiger partial charge in [0.05, 0.1) is 35.5 Å². The number of alkyl carbamates (subject to hydrolysis) is 1. The summed E-state index contributed by atoms with van der Waals surface area (Å²) in [4.78, 5) is 142. The van der Waals surface area contributed by atoms with Gasteiger partial charge in [-0.1, -0.05) is 237 Å². The molecule has 3 N–H and O–H groups in total. The number of benzene rings is 2. The number of aliphatic hydroxyl groups excluding tert-OH is 1. The van der Waals surface area contributed by atoms with Crippen molar-refractivity contribution < 1.29 is 106 Å². The molecule has 4 aliphatic rings. The SMILES string of the molecule is CCCCCCCCCCCCCCCC(=O)OCC(COC(=O)CCCCCCCCCCCCCCC)OC(=O)C(C)CCC(=O)O[C@@H](C(=O)O[C@H]1C[C@@]2(O)[C@@H](OC(=O)c3ccccc3)[C@@H]3[C@]4(OC(C)=O)CO[C@@H]4C[C@H](O)[C@@]3(C)C(=O)[C@H](OC(C)=O)C(=C1C)C2(C)C)[C@@H](NC(=O)OC(C)(C)C)c1ccccc1. The Bertz CT molecular complexity index is 3240. The maximum atomic E-state index is 16.0. The fourth-order valence-electron chi connectivity index (χ4n) is 16.0. The highest BCUT2D eigenvalue weighted by Crippen LogP contribution is 2.64. The Morgan fingerprint density at radius 1 is 0.615 bits per heavy atom. The van der Waals surface area contributed by atoms with Crippen LogP contribution in [0.1, 0.15) is 311 Å². The Morgan fingerprint density at radius 3 is 1.56 bits per heavy atom. The van der Waals surface area contributed by atoms with Gasteiger partial charge < -0.3 is 62.9 Å². The molecule has 0 aromatic heterocycles. The molecule has 0 spiro atoms. The summed E-state index contributed by atoms with van der Waals surface area (Å²) in [6, 6.07) is 14.1. The minimum atomic E-state index is -2.56. The number of ketones is 1. The van der Waals surface area contributed by atoms with E-state index in [4.69, 9.17) is 47.4 Å². The van der Waals surface area contributed by atoms with Crippen molar-refractivity contribution in [3.63, 3.8) is 0 Å². The largest absolute Gasteiger partial charge is 0.462 e. The topological polar surface area (TPSA) is 315 Å². The normalized spacial score (nSPS) is 23.5. The summed E-state index contributed by atoms with van der Waals surface area (Å²) in [5.74, 6) is -10.7. The molecule has 0 radical (unpaired) electrons. The second-order valence-corrected chi connectivity index (χ2v) is 32.5. The maximum Gasteiger partial charge on any atom is 0.408 e. The van der Waals surface area contributed by atoms with E-state index in [1.54, 1.807) is 69.3 Å². The molecule has 2 aromatic carbocycles. The number of esters is 8. The van der Waals surface area contributed by atoms with E-state index in [1.807, 2.05) is 0 Å². The van der Waals surface area contributed by atoms with Gasteiger partial charge in [0, 0.05) is 51.4 Å². The number of rotatable bonds is 47. The van der Waals surface area contributed by atoms with Crippen LogP contribution in [0.3, 0.4) is 0 Å². The van der Waals surface area contributed by atoms with Crippen LogP contribution in [-0.2, 0) is 85.7 Å². The minimum absolute atomic E-state index is 0.00691. The molecule has 1 amide bonds. The van der Waals surface area contributed by atoms with Crippen LogP contribution in [0.25, 0.3) is 0 Å². The first-order valence-corrected chi connectivity index (χ1v) is 40.7. The molecule has 12 atom stereocenters. The van der Waals surface area contributed by atoms with Crippen molar-refractivity contribution in [2.45, 2.75) is 354 Å². The van der Waals surface area contributed by atoms with E-state index in [9.17, 15) is 48.6 Å². The van der Waals surface area contributed by atoms with Crippen molar-refractivity contribution in [3.8, 4) is 0 Å². The number of hydrogen-bond donors (Lipinski definition) is 3. The van der Waals surface area contributed by atoms with Gasteiger partial charge in [0.25, 0.3) is 0 Å². The van der Waals surface area contributed by atoms with Crippen molar-refractivity contribution in [3.05, 3.63) is 82.9 Å². The lowest BCUT2D eigenvalue weighted by Crippen LogP contribution is -2.82. The van der Waals surface area contributed by atoms with Gasteiger partial charge >= 0.3 is 53.8 Å². The van der Waals surface area contributed by atoms with Crippen molar-refractivity contribution in [2.24, 2.45) is 22.7 Å². The quantitative estimate of drug-likeness (QED) is 0.0240. The number of carbonyl (C=O) groups excluding carboxylic acids is 10. The number of fused-ring (bicyclic) bond motifs is 5. The van der Waals surface area contributed by atoms with Crippen LogP contribution < -0.4 is 5.32 Å². The summed E-state index contributed by atoms with van der Waals surface area (Å²) >= 11 is 0. The summed E-state index contributed by atoms with van der Waals surface area (Å²) in [6.45, 7) is 17.7. The highest BCUT2D eigenvalue weighted by Gasteiger charge is 2.78. The van der Waals surface area contributed by atoms with Gasteiger partial charge in [-0.05, 0) is 82.7 Å². The predicted molar refractivity (Wildman–Crippen MR) is 408 cm³/mol. The van der Waals surface area contributed by atoms with Crippen LogP contribution >= 0.6 is 0 Å². The third-order valence-electron chi connectivity index (χ3n) is 22.4. The molecule has 2 saturated carbocycles. The number of amides is 1. The smallest absolute Gasteiger partial charge is 0.408 e. The van der Waals surface area contributed by atoms with E-state index in [0.29, 0.717) is 12.8 Å². The van der Waals surface area contributed by atoms with E-state index >= 15 is 9.59 Å². The number of hydrogen-bond acceptors (Lipinski definition) is 22. The number of carbonyl (C=O) groups is 10. The molecule has 109 heavy (non-hydrogen) atoms. The zero-order chi connectivity index (χ0) is 80.0. The van der Waals surface area contributed by atoms with Crippen LogP contribution in [0.4, 0.5) is 4.79 Å². The third-order valence-corrected chi connectivity index (χ3v) is 22.4. The molecule has 2 aromatic rings. The molecule has 23 heteroatoms. The highest BCUT2D eigenvalue weighted by atomic mass is 16.6. The third kappa shape index (κ3) is 26.2. The van der Waals surface area contributed by atoms with Crippen molar-refractivity contribution in [1.29, 1.82) is 0 Å². The molecule has 2 bridgehead atoms. The minimum Gasteiger partial charge on any atom is -0.462 e. The van der Waals surface area contributed by atoms with Gasteiger partial charge in [-0.25, -0.2) is 14.4 Å². The van der Waals surface area contributed by atoms with Crippen molar-refractivity contribution in [2.75, 3.05) is 19.8 Å². The molecule has 1 aliphatic heterocycles. The fourth-order valence-corrected chi connectivity index (χ4v) is 16.0. The Balaban J connectivity index is 1.25. The van der Waals surface area contributed by atoms with E-state index < -0.39 is 181 Å². The number of ether oxygens (including phenoxy) is 10. The summed E-state index contributed by atoms with van der Waals surface area (Å²) in [5, 5.41) is 29.3. The van der Waals surface area contributed by atoms with Gasteiger partial charge in [0.1, 0.15) is 48.8 Å². The fraction of sp³-hybridized carbons (Fsp3) is 0.721. The summed E-state index contributed by atoms with van der Waals surface area (Å²) in [7, 11) is 0. The lowest BCUT2D eigenvalue weighted by atomic mass is 9.44. The number of nitrogens with one attached hydrogen (secondary N) is 1. The standard InChI is InChI=1S/C86H129NO22/c1-13-15-17-19-21-23-25-27-29-31-33-35-43-49-68(91)100-55-64(56-101-69(92)50-44-36-34-32-30-28-26-24-22-20-18-16-14-2)104-78(95)58(3)51-52-70(93)106-74(72(62-45-39-37-40-46-62)87-81(98)109-82(7,8)9)80(97)105-65-54-86(99)77(107-79(96)63-47-41-38-42-48-63)75-84(12,66(90)53-67-85(75,57-102-67)108-61(6)89)76(94)73(103-60(5)88)71(59(65)4)83(86,10)11/h37-42,45-48,58,64-67,72-75,77,90,99H,13-36,43-44,49-57H2,1-12H3,(H,87,98)/t58?,65-,66-,67+,72-,73+,74+,75-,77-,84+,85-,86+/m0/s1. The molecular weight excluding hydrogens is 1400 g/mol. The summed E-state index contributed by atoms with van der Waals surface area (Å²) in [5.41, 5.74) is -9.34. The maximum absolute atomic E-state index is 16.0. The Morgan fingerprint density at radius 2 is 1.10 bits per heavy atom. The lowest BCUT2D eigenvalue weighted by Gasteiger charge is -2.67. The summed E-state index contributed by atoms with van der Waals surface area (Å²) < 4.78 is 60.2. The van der Waals surface area contributed by atoms with Gasteiger partial charge in [-0.3, -0.25) is 33.6 Å². The monoisotopic (exact) mass is 1530 g/mol. The molecule has 1 unspecified atom stereocenters. The first-order valence-electron chi connectivity index (χ1n) is 40.7. The molecule has 23 nitrogen and oxygen atoms in total. The highest BCUT2D eigenvalue weighted by molar-refractivity contribution is 5.96. The number of unbranched alkanes of at least 4 members (excludes halogenated alkanes) is 24. The second kappa shape index (κ2) is 44.1. The van der Waals surface area contributed by atoms with Crippen molar-refractivity contribution >= 4 is 59.6 Å². The molecule has 3 aliphatic carbocycles. The van der Waals surface area contributed by atoms with Gasteiger partial charge in [-0.2, -0.15) is 0 Å². The van der Waals surface area contributed by atoms with Crippen molar-refractivity contribution in [1.82, 2.24) is 5.32 Å². The molecule has 3 fully saturated rings. The molecule has 1 heterocycles. The van der Waals surface area contributed by atoms with Gasteiger partial charge in [0.2, 0.25) is 6.10 Å². The van der Waals surface area contributed by atoms with Gasteiger partial charge in [-0.15, -0.1) is 0 Å². The molecule has 610 valence electrons. The van der Waals surface area contributed by atoms with E-state index in [2.05, 4.69) is 19.2 Å². The van der Waals surface area contributed by atoms with Crippen LogP contribution in [0.5, 0.6) is 0 Å². The average molecular weight is 1530 g/mol. The first kappa shape index (κ1) is 90.6. The Hall–Kier alpha value is -7.24. The zero-order valence-electron chi connectivity index (χ0n) is 67.4. The first-order chi connectivity index (χ1) is 51.8. The molecule has 6 rings (SSSR count). The predicted octanol–water partition coefficient (Wildman–Crippen LogP) is 15.8. The molecular formula is C86H129NO22. The number of aliphatic hydroxyl groups is 2.